The van der Waals surface area contributed by atoms with Crippen LogP contribution in [-0.2, 0) is 43.2 Å². The number of hydrogen-bond donors (Lipinski definition) is 9. The number of hydrogen-bond acceptors (Lipinski definition) is 13. The van der Waals surface area contributed by atoms with Gasteiger partial charge >= 0.3 is 12.1 Å². The van der Waals surface area contributed by atoms with Crippen LogP contribution in [0.25, 0.3) is 0 Å². The first-order valence-electron chi connectivity index (χ1n) is 22.9. The van der Waals surface area contributed by atoms with Crippen molar-refractivity contribution in [1.29, 1.82) is 0 Å². The van der Waals surface area contributed by atoms with Gasteiger partial charge in [-0.05, 0) is 49.3 Å². The zero-order valence-corrected chi connectivity index (χ0v) is 40.0. The van der Waals surface area contributed by atoms with Gasteiger partial charge in [-0.2, -0.15) is 11.8 Å². The number of amides is 13. The third-order valence-electron chi connectivity index (χ3n) is 12.0. The van der Waals surface area contributed by atoms with Gasteiger partial charge in [0.25, 0.3) is 11.8 Å². The normalized spacial score (nSPS) is 19.4. The fourth-order valence-corrected chi connectivity index (χ4v) is 9.80. The fraction of sp³-hybridized carbons (Fsp3) is 0.535. The van der Waals surface area contributed by atoms with Crippen molar-refractivity contribution in [3.63, 3.8) is 0 Å². The lowest BCUT2D eigenvalue weighted by Crippen LogP contribution is -2.55. The third-order valence-corrected chi connectivity index (χ3v) is 13.8. The van der Waals surface area contributed by atoms with Gasteiger partial charge in [0.05, 0.1) is 44.8 Å². The maximum Gasteiger partial charge on any atom is 0.315 e. The first-order valence-corrected chi connectivity index (χ1v) is 24.4. The minimum atomic E-state index is -0.732. The molecule has 0 aromatic heterocycles. The molecule has 5 aliphatic rings. The Kier molecular flexibility index (Phi) is 19.1. The van der Waals surface area contributed by atoms with Crippen LogP contribution in [0.3, 0.4) is 0 Å². The topological polar surface area (TPSA) is 312 Å². The van der Waals surface area contributed by atoms with Crippen molar-refractivity contribution in [1.82, 2.24) is 61.7 Å². The van der Waals surface area contributed by atoms with Gasteiger partial charge in [-0.1, -0.05) is 6.42 Å². The van der Waals surface area contributed by atoms with Crippen molar-refractivity contribution in [2.24, 2.45) is 0 Å². The van der Waals surface area contributed by atoms with Crippen LogP contribution in [0.15, 0.2) is 36.4 Å². The number of carbonyl (C=O) groups is 11. The standard InChI is InChI=1S/C43H58N14O11S2/c58-31(11-12-57-34(61)9-10-35(57)62)44-22-36(63)53-13-17-55(18-14-53)38(65)24-46-41(67)47-25-39(66)56-19-15-54(16-20-56)37(64)23-45-33(60)21-48-43(69)50-28-7-5-27(6-8-28)49-32(59)4-2-1-3-30-40-29(26-70-30)51-42(68)52-40/h5-10,29-30,40H,1-4,11-26H2,(H,44,58)(H,45,60)(H,49,59)(H2,46,47,67)(H2,48,50,69)(H2,51,52,68)/t29-,30-,40-/m0/s1. The van der Waals surface area contributed by atoms with E-state index in [0.717, 1.165) is 42.1 Å². The molecule has 25 nitrogen and oxygen atoms in total. The molecule has 4 saturated heterocycles. The molecular weight excluding hydrogens is 953 g/mol. The van der Waals surface area contributed by atoms with Gasteiger partial charge in [-0.3, -0.25) is 48.1 Å². The van der Waals surface area contributed by atoms with Gasteiger partial charge < -0.3 is 67.5 Å². The van der Waals surface area contributed by atoms with Crippen LogP contribution in [0.4, 0.5) is 21.0 Å². The molecule has 0 saturated carbocycles. The molecule has 1 aromatic carbocycles. The molecule has 3 atom stereocenters. The monoisotopic (exact) mass is 1010 g/mol. The molecule has 5 heterocycles. The summed E-state index contributed by atoms with van der Waals surface area (Å²) in [6.45, 7) is 0.129. The maximum absolute atomic E-state index is 12.8. The summed E-state index contributed by atoms with van der Waals surface area (Å²) >= 11 is 7.15. The summed E-state index contributed by atoms with van der Waals surface area (Å²) < 4.78 is 0. The Morgan fingerprint density at radius 3 is 1.59 bits per heavy atom. The van der Waals surface area contributed by atoms with Crippen molar-refractivity contribution in [3.05, 3.63) is 36.4 Å². The Morgan fingerprint density at radius 2 is 1.06 bits per heavy atom. The lowest BCUT2D eigenvalue weighted by Gasteiger charge is -2.35. The number of thioether (sulfide) groups is 1. The molecule has 0 aliphatic carbocycles. The summed E-state index contributed by atoms with van der Waals surface area (Å²) in [5.74, 6) is -2.64. The predicted molar refractivity (Wildman–Crippen MR) is 257 cm³/mol. The number of rotatable bonds is 20. The number of fused-ring (bicyclic) bond motifs is 1. The summed E-state index contributed by atoms with van der Waals surface area (Å²) in [6, 6.07) is 6.43. The Morgan fingerprint density at radius 1 is 0.571 bits per heavy atom. The molecule has 27 heteroatoms. The van der Waals surface area contributed by atoms with E-state index in [1.807, 2.05) is 11.8 Å². The number of nitrogens with one attached hydrogen (secondary N) is 9. The molecule has 0 unspecified atom stereocenters. The summed E-state index contributed by atoms with van der Waals surface area (Å²) in [5.41, 5.74) is 1.26. The number of nitrogens with zero attached hydrogens (tertiary/aromatic N) is 5. The summed E-state index contributed by atoms with van der Waals surface area (Å²) in [6.07, 6.45) is 5.03. The van der Waals surface area contributed by atoms with Gasteiger partial charge in [-0.15, -0.1) is 0 Å². The Balaban J connectivity index is 0.749. The number of anilines is 2. The number of urea groups is 2. The highest BCUT2D eigenvalue weighted by atomic mass is 32.2. The molecule has 4 fully saturated rings. The average Bonchev–Trinajstić information content (AvgIpc) is 4.03. The summed E-state index contributed by atoms with van der Waals surface area (Å²) in [4.78, 5) is 142. The van der Waals surface area contributed by atoms with Crippen LogP contribution < -0.4 is 47.9 Å². The van der Waals surface area contributed by atoms with Gasteiger partial charge in [0.1, 0.15) is 0 Å². The lowest BCUT2D eigenvalue weighted by atomic mass is 10.0. The van der Waals surface area contributed by atoms with Crippen LogP contribution in [0.5, 0.6) is 0 Å². The van der Waals surface area contributed by atoms with Gasteiger partial charge in [0, 0.05) is 106 Å². The van der Waals surface area contributed by atoms with Crippen LogP contribution in [0.1, 0.15) is 32.1 Å². The molecule has 5 aliphatic heterocycles. The van der Waals surface area contributed by atoms with E-state index >= 15 is 0 Å². The first-order chi connectivity index (χ1) is 33.6. The van der Waals surface area contributed by atoms with Gasteiger partial charge in [-0.25, -0.2) is 9.59 Å². The highest BCUT2D eigenvalue weighted by molar-refractivity contribution is 8.00. The molecule has 0 radical (unpaired) electrons. The Hall–Kier alpha value is -7.03. The van der Waals surface area contributed by atoms with E-state index in [1.54, 1.807) is 24.3 Å². The molecule has 70 heavy (non-hydrogen) atoms. The average molecular weight is 1010 g/mol. The largest absolute Gasteiger partial charge is 0.353 e. The molecule has 6 rings (SSSR count). The highest BCUT2D eigenvalue weighted by Crippen LogP contribution is 2.33. The second-order valence-corrected chi connectivity index (χ2v) is 18.5. The van der Waals surface area contributed by atoms with Crippen molar-refractivity contribution >= 4 is 106 Å². The van der Waals surface area contributed by atoms with E-state index in [4.69, 9.17) is 12.2 Å². The number of piperazine rings is 2. The number of carbonyl (C=O) groups excluding carboxylic acids is 11. The lowest BCUT2D eigenvalue weighted by molar-refractivity contribution is -0.139. The van der Waals surface area contributed by atoms with E-state index in [0.29, 0.717) is 23.0 Å². The van der Waals surface area contributed by atoms with Crippen LogP contribution >= 0.6 is 24.0 Å². The molecule has 13 amide bonds. The molecule has 9 N–H and O–H groups in total. The van der Waals surface area contributed by atoms with Crippen molar-refractivity contribution in [2.75, 3.05) is 108 Å². The number of unbranched alkanes of at least 4 members (excludes halogenated alkanes) is 1. The second-order valence-electron chi connectivity index (χ2n) is 16.8. The van der Waals surface area contributed by atoms with E-state index in [9.17, 15) is 52.7 Å². The molecule has 378 valence electrons. The predicted octanol–water partition coefficient (Wildman–Crippen LogP) is -3.17. The number of thiocarbonyl (C=S) groups is 1. The molecule has 0 spiro atoms. The zero-order valence-electron chi connectivity index (χ0n) is 38.4. The van der Waals surface area contributed by atoms with Crippen molar-refractivity contribution < 1.29 is 52.7 Å². The van der Waals surface area contributed by atoms with E-state index in [-0.39, 0.29) is 145 Å². The molecule has 0 bridgehead atoms. The van der Waals surface area contributed by atoms with Gasteiger partial charge in [0.2, 0.25) is 41.4 Å². The minimum absolute atomic E-state index is 0.0908. The van der Waals surface area contributed by atoms with Crippen molar-refractivity contribution in [3.8, 4) is 0 Å². The minimum Gasteiger partial charge on any atom is -0.353 e. The Bertz CT molecular complexity index is 2200. The summed E-state index contributed by atoms with van der Waals surface area (Å²) in [5, 5.41) is 25.0. The molecule has 1 aromatic rings. The zero-order chi connectivity index (χ0) is 50.2. The van der Waals surface area contributed by atoms with Crippen LogP contribution in [0.2, 0.25) is 0 Å². The third kappa shape index (κ3) is 15.8. The second kappa shape index (κ2) is 25.5. The fourth-order valence-electron chi connectivity index (χ4n) is 8.07. The first kappa shape index (κ1) is 52.3. The highest BCUT2D eigenvalue weighted by Gasteiger charge is 2.42. The number of benzene rings is 1. The summed E-state index contributed by atoms with van der Waals surface area (Å²) in [7, 11) is 0. The smallest absolute Gasteiger partial charge is 0.315 e. The molecular formula is C43H58N14O11S2. The van der Waals surface area contributed by atoms with E-state index in [1.165, 1.54) is 19.6 Å². The van der Waals surface area contributed by atoms with E-state index < -0.39 is 35.6 Å². The Labute approximate surface area is 412 Å². The SMILES string of the molecule is O=C(CCN1C(=O)C=CC1=O)NCC(=O)N1CCN(C(=O)CNC(=O)NCC(=O)N2CCN(C(=O)CNC(=O)CNC(=S)Nc3ccc(NC(=O)CCCC[C@@H]4SC[C@@H]5NC(=O)N[C@@H]54)cc3)CC2)CC1. The van der Waals surface area contributed by atoms with E-state index in [2.05, 4.69) is 47.9 Å². The van der Waals surface area contributed by atoms with Crippen LogP contribution in [-0.4, -0.2) is 210 Å². The van der Waals surface area contributed by atoms with Crippen molar-refractivity contribution in [2.45, 2.75) is 49.4 Å². The van der Waals surface area contributed by atoms with Crippen LogP contribution in [0, 0.1) is 0 Å². The maximum atomic E-state index is 12.8. The quantitative estimate of drug-likeness (QED) is 0.0269. The van der Waals surface area contributed by atoms with Gasteiger partial charge in [0.15, 0.2) is 5.11 Å². The number of imide groups is 1.